The molecule has 4 rings (SSSR count). The number of benzene rings is 2. The maximum atomic E-state index is 13.0. The molecular formula is C28H36N4O5. The summed E-state index contributed by atoms with van der Waals surface area (Å²) in [5.74, 6) is 1.03. The van der Waals surface area contributed by atoms with Gasteiger partial charge in [0, 0.05) is 56.6 Å². The predicted molar refractivity (Wildman–Crippen MR) is 141 cm³/mol. The average Bonchev–Trinajstić information content (AvgIpc) is 3.22. The van der Waals surface area contributed by atoms with Crippen molar-refractivity contribution in [1.82, 2.24) is 14.7 Å². The fraction of sp³-hybridized carbons (Fsp3) is 0.464. The van der Waals surface area contributed by atoms with Crippen molar-refractivity contribution in [2.45, 2.75) is 25.7 Å². The average molecular weight is 509 g/mol. The van der Waals surface area contributed by atoms with Crippen molar-refractivity contribution < 1.29 is 23.9 Å². The van der Waals surface area contributed by atoms with Crippen LogP contribution in [0.4, 0.5) is 5.69 Å². The molecule has 2 aliphatic heterocycles. The van der Waals surface area contributed by atoms with Crippen molar-refractivity contribution in [1.29, 1.82) is 0 Å². The highest BCUT2D eigenvalue weighted by molar-refractivity contribution is 5.94. The number of methoxy groups -OCH3 is 1. The second kappa shape index (κ2) is 13.1. The van der Waals surface area contributed by atoms with Crippen LogP contribution in [0, 0.1) is 0 Å². The van der Waals surface area contributed by atoms with Crippen LogP contribution in [0.1, 0.15) is 36.0 Å². The van der Waals surface area contributed by atoms with E-state index in [1.807, 2.05) is 9.80 Å². The molecule has 1 N–H and O–H groups in total. The van der Waals surface area contributed by atoms with Crippen molar-refractivity contribution >= 4 is 23.4 Å². The molecule has 2 aliphatic rings. The van der Waals surface area contributed by atoms with Gasteiger partial charge in [0.1, 0.15) is 11.5 Å². The van der Waals surface area contributed by atoms with Crippen molar-refractivity contribution in [3.8, 4) is 11.5 Å². The van der Waals surface area contributed by atoms with Crippen molar-refractivity contribution in [3.63, 3.8) is 0 Å². The molecule has 0 atom stereocenters. The van der Waals surface area contributed by atoms with E-state index in [1.54, 1.807) is 55.6 Å². The topological polar surface area (TPSA) is 91.4 Å². The summed E-state index contributed by atoms with van der Waals surface area (Å²) >= 11 is 0. The summed E-state index contributed by atoms with van der Waals surface area (Å²) in [4.78, 5) is 43.8. The molecule has 2 aromatic rings. The highest BCUT2D eigenvalue weighted by Crippen LogP contribution is 2.18. The minimum absolute atomic E-state index is 0.0409. The van der Waals surface area contributed by atoms with Gasteiger partial charge in [-0.25, -0.2) is 0 Å². The Hall–Kier alpha value is -3.59. The van der Waals surface area contributed by atoms with Crippen molar-refractivity contribution in [2.24, 2.45) is 0 Å². The third kappa shape index (κ3) is 7.69. The van der Waals surface area contributed by atoms with Crippen molar-refractivity contribution in [3.05, 3.63) is 54.1 Å². The largest absolute Gasteiger partial charge is 0.497 e. The molecule has 0 radical (unpaired) electrons. The molecule has 9 heteroatoms. The van der Waals surface area contributed by atoms with E-state index in [1.165, 1.54) is 12.8 Å². The van der Waals surface area contributed by atoms with Crippen LogP contribution < -0.4 is 14.8 Å². The molecule has 0 saturated carbocycles. The minimum atomic E-state index is -0.291. The number of rotatable bonds is 8. The fourth-order valence-corrected chi connectivity index (χ4v) is 4.64. The smallest absolute Gasteiger partial charge is 0.262 e. The van der Waals surface area contributed by atoms with Gasteiger partial charge in [0.25, 0.3) is 11.8 Å². The second-order valence-electron chi connectivity index (χ2n) is 9.46. The van der Waals surface area contributed by atoms with Gasteiger partial charge < -0.3 is 24.6 Å². The van der Waals surface area contributed by atoms with E-state index in [4.69, 9.17) is 9.47 Å². The molecule has 0 aliphatic carbocycles. The maximum Gasteiger partial charge on any atom is 0.262 e. The van der Waals surface area contributed by atoms with E-state index < -0.39 is 0 Å². The lowest BCUT2D eigenvalue weighted by molar-refractivity contribution is -0.132. The molecule has 37 heavy (non-hydrogen) atoms. The van der Waals surface area contributed by atoms with Gasteiger partial charge in [0.05, 0.1) is 13.7 Å². The number of hydrogen-bond acceptors (Lipinski definition) is 6. The summed E-state index contributed by atoms with van der Waals surface area (Å²) < 4.78 is 10.7. The lowest BCUT2D eigenvalue weighted by atomic mass is 10.1. The van der Waals surface area contributed by atoms with Gasteiger partial charge in [-0.1, -0.05) is 18.9 Å². The Balaban J connectivity index is 1.20. The van der Waals surface area contributed by atoms with E-state index in [2.05, 4.69) is 10.2 Å². The SMILES string of the molecule is COc1cccc(NC(=O)COc2ccc(C(=O)N3CCN(CC(=O)N4CCCCCC4)CC3)cc2)c1. The van der Waals surface area contributed by atoms with Crippen LogP contribution in [0.2, 0.25) is 0 Å². The van der Waals surface area contributed by atoms with Crippen molar-refractivity contribution in [2.75, 3.05) is 64.8 Å². The molecule has 0 spiro atoms. The standard InChI is InChI=1S/C28H36N4O5/c1-36-25-8-6-7-23(19-25)29-26(33)21-37-24-11-9-22(10-12-24)28(35)32-17-15-30(16-18-32)20-27(34)31-13-4-2-3-5-14-31/h6-12,19H,2-5,13-18,20-21H2,1H3,(H,29,33). The van der Waals surface area contributed by atoms with Crippen LogP contribution in [0.25, 0.3) is 0 Å². The van der Waals surface area contributed by atoms with E-state index >= 15 is 0 Å². The first-order valence-electron chi connectivity index (χ1n) is 13.0. The number of amides is 3. The summed E-state index contributed by atoms with van der Waals surface area (Å²) in [5.41, 5.74) is 1.20. The Bertz CT molecular complexity index is 1060. The second-order valence-corrected chi connectivity index (χ2v) is 9.46. The molecule has 2 aromatic carbocycles. The number of carbonyl (C=O) groups excluding carboxylic acids is 3. The Kier molecular flexibility index (Phi) is 9.37. The number of piperazine rings is 1. The van der Waals surface area contributed by atoms with E-state index in [0.29, 0.717) is 55.5 Å². The van der Waals surface area contributed by atoms with E-state index in [0.717, 1.165) is 25.9 Å². The normalized spacial score (nSPS) is 16.6. The van der Waals surface area contributed by atoms with Crippen LogP contribution in [0.3, 0.4) is 0 Å². The molecule has 0 bridgehead atoms. The highest BCUT2D eigenvalue weighted by atomic mass is 16.5. The third-order valence-electron chi connectivity index (χ3n) is 6.80. The number of nitrogens with one attached hydrogen (secondary N) is 1. The highest BCUT2D eigenvalue weighted by Gasteiger charge is 2.25. The van der Waals surface area contributed by atoms with Gasteiger partial charge in [-0.2, -0.15) is 0 Å². The zero-order valence-corrected chi connectivity index (χ0v) is 21.5. The Morgan fingerprint density at radius 1 is 0.811 bits per heavy atom. The Morgan fingerprint density at radius 3 is 2.19 bits per heavy atom. The first-order chi connectivity index (χ1) is 18.0. The van der Waals surface area contributed by atoms with E-state index in [9.17, 15) is 14.4 Å². The van der Waals surface area contributed by atoms with Crippen LogP contribution in [-0.2, 0) is 9.59 Å². The summed E-state index contributed by atoms with van der Waals surface area (Å²) in [7, 11) is 1.57. The number of hydrogen-bond donors (Lipinski definition) is 1. The molecule has 2 saturated heterocycles. The molecule has 2 fully saturated rings. The first-order valence-corrected chi connectivity index (χ1v) is 13.0. The number of nitrogens with zero attached hydrogens (tertiary/aromatic N) is 3. The van der Waals surface area contributed by atoms with Crippen LogP contribution in [-0.4, -0.2) is 92.0 Å². The summed E-state index contributed by atoms with van der Waals surface area (Å²) in [6.45, 7) is 4.57. The number of ether oxygens (including phenoxy) is 2. The predicted octanol–water partition coefficient (Wildman–Crippen LogP) is 2.87. The maximum absolute atomic E-state index is 13.0. The van der Waals surface area contributed by atoms with Crippen LogP contribution in [0.5, 0.6) is 11.5 Å². The molecular weight excluding hydrogens is 472 g/mol. The van der Waals surface area contributed by atoms with Crippen LogP contribution >= 0.6 is 0 Å². The Morgan fingerprint density at radius 2 is 1.51 bits per heavy atom. The number of carbonyl (C=O) groups is 3. The molecule has 0 unspecified atom stereocenters. The van der Waals surface area contributed by atoms with Gasteiger partial charge in [-0.05, 0) is 49.2 Å². The summed E-state index contributed by atoms with van der Waals surface area (Å²) in [6.07, 6.45) is 4.59. The molecule has 198 valence electrons. The molecule has 2 heterocycles. The quantitative estimate of drug-likeness (QED) is 0.590. The van der Waals surface area contributed by atoms with Crippen LogP contribution in [0.15, 0.2) is 48.5 Å². The zero-order chi connectivity index (χ0) is 26.0. The minimum Gasteiger partial charge on any atom is -0.497 e. The van der Waals surface area contributed by atoms with Gasteiger partial charge in [0.15, 0.2) is 6.61 Å². The third-order valence-corrected chi connectivity index (χ3v) is 6.80. The summed E-state index contributed by atoms with van der Waals surface area (Å²) in [5, 5.41) is 2.76. The van der Waals surface area contributed by atoms with Gasteiger partial charge >= 0.3 is 0 Å². The molecule has 3 amide bonds. The number of likely N-dealkylation sites (tertiary alicyclic amines) is 1. The lowest BCUT2D eigenvalue weighted by Gasteiger charge is -2.35. The number of anilines is 1. The fourth-order valence-electron chi connectivity index (χ4n) is 4.64. The summed E-state index contributed by atoms with van der Waals surface area (Å²) in [6, 6.07) is 13.9. The van der Waals surface area contributed by atoms with Gasteiger partial charge in [0.2, 0.25) is 5.91 Å². The van der Waals surface area contributed by atoms with Gasteiger partial charge in [-0.15, -0.1) is 0 Å². The molecule has 9 nitrogen and oxygen atoms in total. The molecule has 0 aromatic heterocycles. The zero-order valence-electron chi connectivity index (χ0n) is 21.5. The monoisotopic (exact) mass is 508 g/mol. The first kappa shape index (κ1) is 26.5. The van der Waals surface area contributed by atoms with E-state index in [-0.39, 0.29) is 24.3 Å². The lowest BCUT2D eigenvalue weighted by Crippen LogP contribution is -2.51. The Labute approximate surface area is 218 Å². The van der Waals surface area contributed by atoms with Gasteiger partial charge in [-0.3, -0.25) is 19.3 Å².